The summed E-state index contributed by atoms with van der Waals surface area (Å²) in [6.45, 7) is 0.607. The van der Waals surface area contributed by atoms with Crippen LogP contribution in [0.4, 0.5) is 5.13 Å². The number of rotatable bonds is 7. The van der Waals surface area contributed by atoms with Gasteiger partial charge in [0.25, 0.3) is 0 Å². The number of nitrogens with zero attached hydrogens (tertiary/aromatic N) is 4. The largest absolute Gasteiger partial charge is 0.457 e. The third-order valence-corrected chi connectivity index (χ3v) is 6.48. The second-order valence-electron chi connectivity index (χ2n) is 7.78. The van der Waals surface area contributed by atoms with Crippen LogP contribution in [0.25, 0.3) is 10.2 Å². The molecular formula is C27H23N5OS. The molecule has 0 saturated heterocycles. The molecule has 6 nitrogen and oxygen atoms in total. The van der Waals surface area contributed by atoms with E-state index in [0.717, 1.165) is 33.3 Å². The number of thiazole rings is 1. The summed E-state index contributed by atoms with van der Waals surface area (Å²) in [7, 11) is 0. The number of aliphatic imine (C=N–C) groups is 1. The number of fused-ring (bicyclic) bond motifs is 1. The van der Waals surface area contributed by atoms with Crippen LogP contribution in [0.15, 0.2) is 96.1 Å². The molecule has 0 spiro atoms. The van der Waals surface area contributed by atoms with Crippen molar-refractivity contribution in [3.8, 4) is 17.6 Å². The average molecular weight is 466 g/mol. The zero-order chi connectivity index (χ0) is 23.2. The van der Waals surface area contributed by atoms with Crippen LogP contribution in [-0.4, -0.2) is 23.5 Å². The van der Waals surface area contributed by atoms with Crippen molar-refractivity contribution >= 4 is 32.6 Å². The normalized spacial score (nSPS) is 16.4. The number of para-hydroxylation sites is 2. The van der Waals surface area contributed by atoms with Crippen molar-refractivity contribution in [2.45, 2.75) is 18.9 Å². The maximum atomic E-state index is 9.35. The van der Waals surface area contributed by atoms with Crippen LogP contribution in [0, 0.1) is 11.3 Å². The van der Waals surface area contributed by atoms with E-state index in [0.29, 0.717) is 18.9 Å². The van der Waals surface area contributed by atoms with Crippen LogP contribution in [0.1, 0.15) is 12.0 Å². The Kier molecular flexibility index (Phi) is 6.50. The first kappa shape index (κ1) is 21.7. The van der Waals surface area contributed by atoms with Crippen molar-refractivity contribution in [2.24, 2.45) is 4.99 Å². The van der Waals surface area contributed by atoms with Gasteiger partial charge in [-0.3, -0.25) is 9.89 Å². The number of hydrogen-bond donors (Lipinski definition) is 1. The highest BCUT2D eigenvalue weighted by atomic mass is 32.1. The lowest BCUT2D eigenvalue weighted by molar-refractivity contribution is 0.482. The third-order valence-electron chi connectivity index (χ3n) is 5.44. The van der Waals surface area contributed by atoms with E-state index in [1.807, 2.05) is 77.8 Å². The minimum Gasteiger partial charge on any atom is -0.457 e. The number of hydrogen-bond acceptors (Lipinski definition) is 5. The van der Waals surface area contributed by atoms with Crippen LogP contribution in [0.5, 0.6) is 11.5 Å². The summed E-state index contributed by atoms with van der Waals surface area (Å²) in [6.07, 6.45) is 4.99. The van der Waals surface area contributed by atoms with Gasteiger partial charge >= 0.3 is 0 Å². The van der Waals surface area contributed by atoms with Crippen molar-refractivity contribution in [3.05, 3.63) is 96.7 Å². The number of nitriles is 1. The van der Waals surface area contributed by atoms with E-state index in [1.165, 1.54) is 5.56 Å². The van der Waals surface area contributed by atoms with Crippen LogP contribution in [0.3, 0.4) is 0 Å². The monoisotopic (exact) mass is 465 g/mol. The number of anilines is 1. The molecule has 1 atom stereocenters. The number of guanidine groups is 1. The number of benzene rings is 3. The molecule has 0 bridgehead atoms. The molecule has 34 heavy (non-hydrogen) atoms. The van der Waals surface area contributed by atoms with Crippen molar-refractivity contribution < 1.29 is 4.74 Å². The molecule has 4 aromatic rings. The lowest BCUT2D eigenvalue weighted by Crippen LogP contribution is -2.48. The van der Waals surface area contributed by atoms with Crippen molar-refractivity contribution in [1.82, 2.24) is 10.3 Å². The molecule has 1 aromatic heterocycles. The van der Waals surface area contributed by atoms with Crippen molar-refractivity contribution in [1.29, 1.82) is 5.26 Å². The quantitative estimate of drug-likeness (QED) is 0.368. The van der Waals surface area contributed by atoms with Crippen LogP contribution < -0.4 is 15.0 Å². The summed E-state index contributed by atoms with van der Waals surface area (Å²) in [5, 5.41) is 13.4. The minimum atomic E-state index is -0.111. The van der Waals surface area contributed by atoms with Crippen LogP contribution in [-0.2, 0) is 6.42 Å². The maximum absolute atomic E-state index is 9.35. The molecule has 0 aliphatic carbocycles. The Balaban J connectivity index is 1.30. The summed E-state index contributed by atoms with van der Waals surface area (Å²) in [5.74, 6) is 2.34. The fourth-order valence-electron chi connectivity index (χ4n) is 3.76. The highest BCUT2D eigenvalue weighted by Gasteiger charge is 2.27. The Labute approximate surface area is 202 Å². The molecule has 2 heterocycles. The van der Waals surface area contributed by atoms with Crippen LogP contribution >= 0.6 is 11.3 Å². The molecule has 0 amide bonds. The van der Waals surface area contributed by atoms with Crippen molar-refractivity contribution in [2.75, 3.05) is 11.4 Å². The van der Waals surface area contributed by atoms with Gasteiger partial charge in [0.2, 0.25) is 5.96 Å². The molecule has 1 aliphatic rings. The Morgan fingerprint density at radius 3 is 2.56 bits per heavy atom. The van der Waals surface area contributed by atoms with Gasteiger partial charge in [0.05, 0.1) is 28.7 Å². The number of aromatic nitrogens is 1. The highest BCUT2D eigenvalue weighted by Crippen LogP contribution is 2.31. The lowest BCUT2D eigenvalue weighted by atomic mass is 10.1. The molecule has 1 unspecified atom stereocenters. The zero-order valence-corrected chi connectivity index (χ0v) is 19.3. The highest BCUT2D eigenvalue weighted by molar-refractivity contribution is 7.22. The molecule has 1 aliphatic heterocycles. The molecule has 0 saturated carbocycles. The van der Waals surface area contributed by atoms with Gasteiger partial charge in [-0.15, -0.1) is 0 Å². The summed E-state index contributed by atoms with van der Waals surface area (Å²) >= 11 is 1.61. The molecular weight excluding hydrogens is 442 g/mol. The van der Waals surface area contributed by atoms with E-state index in [9.17, 15) is 5.26 Å². The minimum absolute atomic E-state index is 0.111. The maximum Gasteiger partial charge on any atom is 0.204 e. The van der Waals surface area contributed by atoms with E-state index < -0.39 is 0 Å². The molecule has 5 rings (SSSR count). The fourth-order valence-corrected chi connectivity index (χ4v) is 4.78. The Bertz CT molecular complexity index is 1320. The van der Waals surface area contributed by atoms with E-state index in [1.54, 1.807) is 11.3 Å². The van der Waals surface area contributed by atoms with Gasteiger partial charge in [-0.25, -0.2) is 4.98 Å². The van der Waals surface area contributed by atoms with E-state index in [4.69, 9.17) is 14.7 Å². The third kappa shape index (κ3) is 4.92. The second kappa shape index (κ2) is 10.2. The summed E-state index contributed by atoms with van der Waals surface area (Å²) < 4.78 is 6.98. The standard InChI is InChI=1S/C27H23N5OS/c28-17-14-21-16-19-30-26(32(21)27-31-24-8-4-5-9-25(24)34-27)29-18-15-20-10-12-23(13-11-20)33-22-6-2-1-3-7-22/h1-13,16,19,21H,14-15,18H2,(H,29,30). The average Bonchev–Trinajstić information content (AvgIpc) is 3.30. The van der Waals surface area contributed by atoms with Gasteiger partial charge in [-0.1, -0.05) is 53.8 Å². The molecule has 3 aromatic carbocycles. The zero-order valence-electron chi connectivity index (χ0n) is 18.5. The topological polar surface area (TPSA) is 73.5 Å². The second-order valence-corrected chi connectivity index (χ2v) is 8.79. The van der Waals surface area contributed by atoms with Gasteiger partial charge in [0.1, 0.15) is 11.5 Å². The predicted octanol–water partition coefficient (Wildman–Crippen LogP) is 5.89. The van der Waals surface area contributed by atoms with Crippen LogP contribution in [0.2, 0.25) is 0 Å². The van der Waals surface area contributed by atoms with E-state index >= 15 is 0 Å². The predicted molar refractivity (Wildman–Crippen MR) is 137 cm³/mol. The smallest absolute Gasteiger partial charge is 0.204 e. The number of nitrogens with one attached hydrogen (secondary N) is 1. The molecule has 0 fully saturated rings. The van der Waals surface area contributed by atoms with Gasteiger partial charge in [0, 0.05) is 12.7 Å². The number of ether oxygens (including phenoxy) is 1. The molecule has 7 heteroatoms. The van der Waals surface area contributed by atoms with Crippen molar-refractivity contribution in [3.63, 3.8) is 0 Å². The fraction of sp³-hybridized carbons (Fsp3) is 0.148. The summed E-state index contributed by atoms with van der Waals surface area (Å²) in [6, 6.07) is 28.1. The first-order valence-electron chi connectivity index (χ1n) is 11.1. The molecule has 0 radical (unpaired) electrons. The van der Waals surface area contributed by atoms with Gasteiger partial charge < -0.3 is 10.1 Å². The Morgan fingerprint density at radius 1 is 1.00 bits per heavy atom. The van der Waals surface area contributed by atoms with Gasteiger partial charge in [0.15, 0.2) is 5.13 Å². The molecule has 168 valence electrons. The Morgan fingerprint density at radius 2 is 1.76 bits per heavy atom. The lowest BCUT2D eigenvalue weighted by Gasteiger charge is -2.32. The molecule has 1 N–H and O–H groups in total. The van der Waals surface area contributed by atoms with E-state index in [2.05, 4.69) is 29.6 Å². The van der Waals surface area contributed by atoms with Gasteiger partial charge in [-0.05, 0) is 54.5 Å². The first-order chi connectivity index (χ1) is 16.8. The Hall–Kier alpha value is -4.15. The summed E-state index contributed by atoms with van der Waals surface area (Å²) in [5.41, 5.74) is 2.13. The van der Waals surface area contributed by atoms with E-state index in [-0.39, 0.29) is 6.04 Å². The SMILES string of the molecule is N#CCC1C=CNC(=NCCc2ccc(Oc3ccccc3)cc2)N1c1nc2ccccc2s1. The first-order valence-corrected chi connectivity index (χ1v) is 11.9. The van der Waals surface area contributed by atoms with Gasteiger partial charge in [-0.2, -0.15) is 5.26 Å². The summed E-state index contributed by atoms with van der Waals surface area (Å²) in [4.78, 5) is 11.7.